The number of hydrogen-bond acceptors (Lipinski definition) is 5. The molecule has 22 heavy (non-hydrogen) atoms. The molecule has 1 aromatic heterocycles. The molecule has 3 rings (SSSR count). The van der Waals surface area contributed by atoms with Gasteiger partial charge in [0.2, 0.25) is 0 Å². The Morgan fingerprint density at radius 2 is 2.05 bits per heavy atom. The lowest BCUT2D eigenvalue weighted by Crippen LogP contribution is -2.44. The zero-order valence-electron chi connectivity index (χ0n) is 12.6. The molecule has 116 valence electrons. The van der Waals surface area contributed by atoms with Crippen molar-refractivity contribution < 1.29 is 4.74 Å². The summed E-state index contributed by atoms with van der Waals surface area (Å²) < 4.78 is 5.24. The number of methoxy groups -OCH3 is 1. The zero-order chi connectivity index (χ0) is 15.4. The smallest absolute Gasteiger partial charge is 0.161 e. The predicted molar refractivity (Wildman–Crippen MR) is 88.3 cm³/mol. The number of nitrogens with one attached hydrogen (secondary N) is 1. The number of rotatable bonds is 4. The van der Waals surface area contributed by atoms with E-state index in [1.54, 1.807) is 7.11 Å². The fraction of sp³-hybridized carbons (Fsp3) is 0.375. The highest BCUT2D eigenvalue weighted by molar-refractivity contribution is 6.30. The van der Waals surface area contributed by atoms with E-state index in [9.17, 15) is 0 Å². The van der Waals surface area contributed by atoms with Crippen molar-refractivity contribution in [2.24, 2.45) is 0 Å². The monoisotopic (exact) mass is 318 g/mol. The Morgan fingerprint density at radius 3 is 2.77 bits per heavy atom. The first-order chi connectivity index (χ1) is 10.8. The van der Waals surface area contributed by atoms with Gasteiger partial charge in [0, 0.05) is 49.9 Å². The van der Waals surface area contributed by atoms with E-state index in [-0.39, 0.29) is 0 Å². The molecule has 0 radical (unpaired) electrons. The van der Waals surface area contributed by atoms with Gasteiger partial charge >= 0.3 is 0 Å². The number of benzene rings is 1. The molecule has 2 aromatic rings. The van der Waals surface area contributed by atoms with Gasteiger partial charge in [-0.2, -0.15) is 0 Å². The van der Waals surface area contributed by atoms with Crippen molar-refractivity contribution in [3.63, 3.8) is 0 Å². The molecule has 2 heterocycles. The Labute approximate surface area is 135 Å². The predicted octanol–water partition coefficient (Wildman–Crippen LogP) is 2.35. The lowest BCUT2D eigenvalue weighted by Gasteiger charge is -2.28. The van der Waals surface area contributed by atoms with Gasteiger partial charge in [0.15, 0.2) is 5.82 Å². The number of anilines is 1. The number of halogens is 1. The van der Waals surface area contributed by atoms with Crippen LogP contribution in [0.1, 0.15) is 5.69 Å². The highest BCUT2D eigenvalue weighted by atomic mass is 35.5. The Morgan fingerprint density at radius 1 is 1.23 bits per heavy atom. The summed E-state index contributed by atoms with van der Waals surface area (Å²) in [5, 5.41) is 4.03. The van der Waals surface area contributed by atoms with Gasteiger partial charge in [0.05, 0.1) is 12.3 Å². The van der Waals surface area contributed by atoms with Gasteiger partial charge in [-0.3, -0.25) is 0 Å². The molecule has 1 aromatic carbocycles. The molecular formula is C16H19ClN4O. The molecule has 0 amide bonds. The van der Waals surface area contributed by atoms with Crippen LogP contribution in [0.15, 0.2) is 30.3 Å². The lowest BCUT2D eigenvalue weighted by atomic mass is 10.2. The van der Waals surface area contributed by atoms with Crippen LogP contribution >= 0.6 is 11.6 Å². The molecule has 1 aliphatic rings. The maximum absolute atomic E-state index is 6.09. The molecule has 5 nitrogen and oxygen atoms in total. The van der Waals surface area contributed by atoms with Gasteiger partial charge in [-0.1, -0.05) is 23.7 Å². The van der Waals surface area contributed by atoms with E-state index in [0.717, 1.165) is 43.3 Å². The van der Waals surface area contributed by atoms with Crippen LogP contribution in [0.25, 0.3) is 11.4 Å². The van der Waals surface area contributed by atoms with E-state index in [1.165, 1.54) is 0 Å². The summed E-state index contributed by atoms with van der Waals surface area (Å²) in [6.07, 6.45) is 0. The number of piperazine rings is 1. The second-order valence-corrected chi connectivity index (χ2v) is 5.66. The Kier molecular flexibility index (Phi) is 4.87. The largest absolute Gasteiger partial charge is 0.378 e. The molecule has 0 saturated carbocycles. The number of hydrogen-bond donors (Lipinski definition) is 1. The lowest BCUT2D eigenvalue weighted by molar-refractivity contribution is 0.181. The number of nitrogens with zero attached hydrogens (tertiary/aromatic N) is 3. The van der Waals surface area contributed by atoms with Gasteiger partial charge in [-0.05, 0) is 12.1 Å². The fourth-order valence-electron chi connectivity index (χ4n) is 2.52. The summed E-state index contributed by atoms with van der Waals surface area (Å²) in [7, 11) is 1.67. The minimum Gasteiger partial charge on any atom is -0.378 e. The van der Waals surface area contributed by atoms with Crippen LogP contribution in [-0.4, -0.2) is 43.3 Å². The van der Waals surface area contributed by atoms with Crippen LogP contribution in [0.4, 0.5) is 5.82 Å². The summed E-state index contributed by atoms with van der Waals surface area (Å²) in [5.41, 5.74) is 1.79. The van der Waals surface area contributed by atoms with Crippen LogP contribution in [0, 0.1) is 0 Å². The molecule has 0 aliphatic carbocycles. The van der Waals surface area contributed by atoms with Crippen molar-refractivity contribution >= 4 is 17.4 Å². The van der Waals surface area contributed by atoms with Crippen molar-refractivity contribution in [2.45, 2.75) is 6.61 Å². The summed E-state index contributed by atoms with van der Waals surface area (Å²) in [4.78, 5) is 11.6. The van der Waals surface area contributed by atoms with Crippen molar-refractivity contribution in [1.29, 1.82) is 0 Å². The standard InChI is InChI=1S/C16H19ClN4O/c1-22-11-14-10-15(21-7-5-18-6-8-21)20-16(19-14)12-3-2-4-13(17)9-12/h2-4,9-10,18H,5-8,11H2,1H3. The molecular weight excluding hydrogens is 300 g/mol. The second kappa shape index (κ2) is 7.05. The van der Waals surface area contributed by atoms with E-state index >= 15 is 0 Å². The molecule has 1 fully saturated rings. The van der Waals surface area contributed by atoms with Crippen LogP contribution in [0.5, 0.6) is 0 Å². The van der Waals surface area contributed by atoms with Crippen molar-refractivity contribution in [2.75, 3.05) is 38.2 Å². The minimum absolute atomic E-state index is 0.467. The first-order valence-electron chi connectivity index (χ1n) is 7.35. The summed E-state index contributed by atoms with van der Waals surface area (Å²) in [5.74, 6) is 1.63. The first kappa shape index (κ1) is 15.2. The van der Waals surface area contributed by atoms with Crippen LogP contribution in [0.2, 0.25) is 5.02 Å². The second-order valence-electron chi connectivity index (χ2n) is 5.22. The quantitative estimate of drug-likeness (QED) is 0.938. The van der Waals surface area contributed by atoms with Crippen molar-refractivity contribution in [3.05, 3.63) is 41.0 Å². The van der Waals surface area contributed by atoms with E-state index in [1.807, 2.05) is 30.3 Å². The van der Waals surface area contributed by atoms with Crippen LogP contribution in [-0.2, 0) is 11.3 Å². The van der Waals surface area contributed by atoms with Crippen molar-refractivity contribution in [1.82, 2.24) is 15.3 Å². The van der Waals surface area contributed by atoms with Gasteiger partial charge in [0.25, 0.3) is 0 Å². The van der Waals surface area contributed by atoms with E-state index in [4.69, 9.17) is 21.3 Å². The Hall–Kier alpha value is -1.69. The third-order valence-electron chi connectivity index (χ3n) is 3.58. The molecule has 1 aliphatic heterocycles. The average Bonchev–Trinajstić information content (AvgIpc) is 2.56. The Balaban J connectivity index is 1.99. The summed E-state index contributed by atoms with van der Waals surface area (Å²) in [6, 6.07) is 9.62. The maximum atomic E-state index is 6.09. The molecule has 0 atom stereocenters. The highest BCUT2D eigenvalue weighted by Crippen LogP contribution is 2.23. The number of aromatic nitrogens is 2. The maximum Gasteiger partial charge on any atom is 0.161 e. The number of ether oxygens (including phenoxy) is 1. The molecule has 1 N–H and O–H groups in total. The van der Waals surface area contributed by atoms with Gasteiger partial charge in [-0.15, -0.1) is 0 Å². The van der Waals surface area contributed by atoms with Crippen molar-refractivity contribution in [3.8, 4) is 11.4 Å². The van der Waals surface area contributed by atoms with Gasteiger partial charge in [-0.25, -0.2) is 9.97 Å². The van der Waals surface area contributed by atoms with E-state index < -0.39 is 0 Å². The average molecular weight is 319 g/mol. The normalized spacial score (nSPS) is 15.1. The SMILES string of the molecule is COCc1cc(N2CCNCC2)nc(-c2cccc(Cl)c2)n1. The molecule has 0 bridgehead atoms. The van der Waals surface area contributed by atoms with Gasteiger partial charge < -0.3 is 15.0 Å². The topological polar surface area (TPSA) is 50.3 Å². The molecule has 6 heteroatoms. The summed E-state index contributed by atoms with van der Waals surface area (Å²) >= 11 is 6.09. The third kappa shape index (κ3) is 3.55. The van der Waals surface area contributed by atoms with Crippen LogP contribution < -0.4 is 10.2 Å². The minimum atomic E-state index is 0.467. The molecule has 1 saturated heterocycles. The fourth-order valence-corrected chi connectivity index (χ4v) is 2.71. The molecule has 0 spiro atoms. The third-order valence-corrected chi connectivity index (χ3v) is 3.82. The highest BCUT2D eigenvalue weighted by Gasteiger charge is 2.15. The summed E-state index contributed by atoms with van der Waals surface area (Å²) in [6.45, 7) is 4.29. The van der Waals surface area contributed by atoms with Gasteiger partial charge in [0.1, 0.15) is 5.82 Å². The van der Waals surface area contributed by atoms with E-state index in [0.29, 0.717) is 17.5 Å². The Bertz CT molecular complexity index is 644. The zero-order valence-corrected chi connectivity index (χ0v) is 13.3. The first-order valence-corrected chi connectivity index (χ1v) is 7.72. The van der Waals surface area contributed by atoms with E-state index in [2.05, 4.69) is 15.2 Å². The molecule has 0 unspecified atom stereocenters. The van der Waals surface area contributed by atoms with Crippen LogP contribution in [0.3, 0.4) is 0 Å².